The fraction of sp³-hybridized carbons (Fsp3) is 0.143. The molecule has 22 heavy (non-hydrogen) atoms. The first kappa shape index (κ1) is 16.0. The lowest BCUT2D eigenvalue weighted by molar-refractivity contribution is 0.273. The second-order valence-corrected chi connectivity index (χ2v) is 4.23. The van der Waals surface area contributed by atoms with Crippen LogP contribution >= 0.6 is 0 Å². The van der Waals surface area contributed by atoms with Crippen molar-refractivity contribution in [1.29, 1.82) is 0 Å². The van der Waals surface area contributed by atoms with Gasteiger partial charge in [-0.3, -0.25) is 5.11 Å². The van der Waals surface area contributed by atoms with Gasteiger partial charge in [0.1, 0.15) is 5.75 Å². The second kappa shape index (κ2) is 5.80. The van der Waals surface area contributed by atoms with Crippen LogP contribution in [-0.4, -0.2) is 12.2 Å². The Kier molecular flexibility index (Phi) is 4.23. The van der Waals surface area contributed by atoms with Crippen molar-refractivity contribution in [3.05, 3.63) is 46.8 Å². The number of benzene rings is 2. The highest BCUT2D eigenvalue weighted by Crippen LogP contribution is 2.44. The predicted molar refractivity (Wildman–Crippen MR) is 64.3 cm³/mol. The average molecular weight is 319 g/mol. The van der Waals surface area contributed by atoms with Crippen LogP contribution in [0.4, 0.5) is 22.0 Å². The highest BCUT2D eigenvalue weighted by atomic mass is 19.2. The molecule has 0 saturated carbocycles. The summed E-state index contributed by atoms with van der Waals surface area (Å²) < 4.78 is 72.1. The van der Waals surface area contributed by atoms with Crippen molar-refractivity contribution in [3.63, 3.8) is 0 Å². The smallest absolute Gasteiger partial charge is 0.200 e. The summed E-state index contributed by atoms with van der Waals surface area (Å²) in [6, 6.07) is 1.96. The number of methoxy groups -OCH3 is 1. The molecule has 117 valence electrons. The molecule has 2 aromatic carbocycles. The lowest BCUT2D eigenvalue weighted by Crippen LogP contribution is -2.06. The van der Waals surface area contributed by atoms with Gasteiger partial charge in [-0.15, -0.1) is 0 Å². The van der Waals surface area contributed by atoms with E-state index in [1.54, 1.807) is 0 Å². The number of hydrogen-bond donors (Lipinski definition) is 1. The Hall–Kier alpha value is -2.35. The number of aliphatic hydroxyl groups excluding tert-OH is 1. The Morgan fingerprint density at radius 2 is 1.41 bits per heavy atom. The Morgan fingerprint density at radius 3 is 1.86 bits per heavy atom. The molecule has 2 rings (SSSR count). The molecule has 1 N–H and O–H groups in total. The fourth-order valence-corrected chi connectivity index (χ4v) is 2.03. The molecule has 0 aliphatic rings. The van der Waals surface area contributed by atoms with Crippen LogP contribution < -0.4 is 4.74 Å². The van der Waals surface area contributed by atoms with Gasteiger partial charge < -0.3 is 9.84 Å². The van der Waals surface area contributed by atoms with E-state index >= 15 is 0 Å². The molecule has 0 spiro atoms. The molecule has 3 nitrogen and oxygen atoms in total. The van der Waals surface area contributed by atoms with Crippen molar-refractivity contribution >= 4 is 0 Å². The largest absolute Gasteiger partial charge is 0.496 e. The molecule has 0 bridgehead atoms. The van der Waals surface area contributed by atoms with E-state index in [2.05, 4.69) is 0 Å². The molecule has 0 aliphatic carbocycles. The van der Waals surface area contributed by atoms with Crippen LogP contribution in [0.25, 0.3) is 11.1 Å². The first-order valence-corrected chi connectivity index (χ1v) is 5.84. The minimum absolute atomic E-state index is 0.0407. The van der Waals surface area contributed by atoms with Crippen molar-refractivity contribution in [2.45, 2.75) is 6.61 Å². The zero-order chi connectivity index (χ0) is 16.6. The molecule has 0 unspecified atom stereocenters. The van der Waals surface area contributed by atoms with Gasteiger partial charge in [0, 0.05) is 5.56 Å². The summed E-state index contributed by atoms with van der Waals surface area (Å²) in [4.78, 5) is 0. The van der Waals surface area contributed by atoms with E-state index in [0.29, 0.717) is 0 Å². The number of ether oxygens (including phenoxy) is 1. The van der Waals surface area contributed by atoms with Crippen molar-refractivity contribution in [3.8, 4) is 22.6 Å². The van der Waals surface area contributed by atoms with E-state index in [1.165, 1.54) is 0 Å². The van der Waals surface area contributed by atoms with E-state index in [9.17, 15) is 27.1 Å². The molecule has 0 heterocycles. The highest BCUT2D eigenvalue weighted by molar-refractivity contribution is 5.79. The third kappa shape index (κ3) is 2.25. The molecule has 1 radical (unpaired) electrons. The van der Waals surface area contributed by atoms with E-state index in [4.69, 9.17) is 9.84 Å². The molecule has 2 aromatic rings. The Morgan fingerprint density at radius 1 is 0.909 bits per heavy atom. The second-order valence-electron chi connectivity index (χ2n) is 4.23. The quantitative estimate of drug-likeness (QED) is 0.533. The molecule has 0 aliphatic heterocycles. The maximum absolute atomic E-state index is 13.8. The first-order valence-electron chi connectivity index (χ1n) is 5.84. The summed E-state index contributed by atoms with van der Waals surface area (Å²) >= 11 is 0. The van der Waals surface area contributed by atoms with Gasteiger partial charge in [-0.05, 0) is 12.1 Å². The van der Waals surface area contributed by atoms with Crippen LogP contribution in [0.5, 0.6) is 11.5 Å². The molecule has 0 atom stereocenters. The zero-order valence-electron chi connectivity index (χ0n) is 11.0. The van der Waals surface area contributed by atoms with E-state index in [1.807, 2.05) is 0 Å². The van der Waals surface area contributed by atoms with Crippen molar-refractivity contribution < 1.29 is 36.9 Å². The predicted octanol–water partition coefficient (Wildman–Crippen LogP) is 3.69. The van der Waals surface area contributed by atoms with E-state index in [-0.39, 0.29) is 5.56 Å². The molecule has 0 aromatic heterocycles. The van der Waals surface area contributed by atoms with Crippen LogP contribution in [0.1, 0.15) is 5.56 Å². The van der Waals surface area contributed by atoms with Gasteiger partial charge in [-0.1, -0.05) is 0 Å². The van der Waals surface area contributed by atoms with Crippen LogP contribution in [0.15, 0.2) is 12.1 Å². The van der Waals surface area contributed by atoms with E-state index in [0.717, 1.165) is 19.2 Å². The van der Waals surface area contributed by atoms with Gasteiger partial charge in [0.2, 0.25) is 5.82 Å². The topological polar surface area (TPSA) is 49.4 Å². The van der Waals surface area contributed by atoms with Crippen LogP contribution in [-0.2, 0) is 11.7 Å². The van der Waals surface area contributed by atoms with Crippen molar-refractivity contribution in [2.24, 2.45) is 0 Å². The monoisotopic (exact) mass is 319 g/mol. The SMILES string of the molecule is COc1c(CO)ccc([O])c1-c1c(F)c(F)c(F)c(F)c1F. The summed E-state index contributed by atoms with van der Waals surface area (Å²) in [7, 11) is 1.03. The fourth-order valence-electron chi connectivity index (χ4n) is 2.03. The first-order chi connectivity index (χ1) is 10.3. The van der Waals surface area contributed by atoms with Gasteiger partial charge in [-0.2, -0.15) is 0 Å². The summed E-state index contributed by atoms with van der Waals surface area (Å²) in [6.07, 6.45) is 0. The average Bonchev–Trinajstić information content (AvgIpc) is 2.52. The summed E-state index contributed by atoms with van der Waals surface area (Å²) in [5.74, 6) is -12.5. The molecular formula is C14H8F5O3. The van der Waals surface area contributed by atoms with Gasteiger partial charge in [-0.25, -0.2) is 22.0 Å². The Bertz CT molecular complexity index is 717. The van der Waals surface area contributed by atoms with Crippen molar-refractivity contribution in [1.82, 2.24) is 0 Å². The summed E-state index contributed by atoms with van der Waals surface area (Å²) in [5, 5.41) is 21.0. The van der Waals surface area contributed by atoms with Crippen LogP contribution in [0, 0.1) is 29.1 Å². The minimum Gasteiger partial charge on any atom is -0.496 e. The molecule has 0 amide bonds. The minimum atomic E-state index is -2.33. The third-order valence-corrected chi connectivity index (χ3v) is 3.04. The number of hydrogen-bond acceptors (Lipinski definition) is 2. The normalized spacial score (nSPS) is 10.9. The Balaban J connectivity index is 2.95. The van der Waals surface area contributed by atoms with Gasteiger partial charge in [0.15, 0.2) is 29.0 Å². The van der Waals surface area contributed by atoms with Gasteiger partial charge in [0.25, 0.3) is 0 Å². The maximum Gasteiger partial charge on any atom is 0.200 e. The van der Waals surface area contributed by atoms with Crippen LogP contribution in [0.2, 0.25) is 0 Å². The molecule has 0 fully saturated rings. The number of rotatable bonds is 3. The Labute approximate surface area is 121 Å². The summed E-state index contributed by atoms with van der Waals surface area (Å²) in [5.41, 5.74) is -2.28. The maximum atomic E-state index is 13.8. The zero-order valence-corrected chi connectivity index (χ0v) is 11.0. The van der Waals surface area contributed by atoms with Gasteiger partial charge >= 0.3 is 0 Å². The van der Waals surface area contributed by atoms with Gasteiger partial charge in [0.05, 0.1) is 24.8 Å². The van der Waals surface area contributed by atoms with Crippen molar-refractivity contribution in [2.75, 3.05) is 7.11 Å². The number of aliphatic hydroxyl groups is 1. The highest BCUT2D eigenvalue weighted by Gasteiger charge is 2.31. The summed E-state index contributed by atoms with van der Waals surface area (Å²) in [6.45, 7) is -0.661. The number of halogens is 5. The molecular weight excluding hydrogens is 311 g/mol. The third-order valence-electron chi connectivity index (χ3n) is 3.04. The molecule has 0 saturated heterocycles. The van der Waals surface area contributed by atoms with E-state index < -0.39 is 58.3 Å². The standard InChI is InChI=1S/C14H8F5O3/c1-22-14-5(4-20)2-3-6(21)7(14)8-9(15)11(17)13(19)12(18)10(8)16/h2-3,20H,4H2,1H3. The lowest BCUT2D eigenvalue weighted by atomic mass is 9.98. The lowest BCUT2D eigenvalue weighted by Gasteiger charge is -2.15. The molecule has 8 heteroatoms. The van der Waals surface area contributed by atoms with Crippen LogP contribution in [0.3, 0.4) is 0 Å².